The zero-order valence-electron chi connectivity index (χ0n) is 12.3. The van der Waals surface area contributed by atoms with E-state index in [1.807, 2.05) is 50.2 Å². The summed E-state index contributed by atoms with van der Waals surface area (Å²) in [6, 6.07) is 12.0. The molecule has 104 valence electrons. The predicted octanol–water partition coefficient (Wildman–Crippen LogP) is 4.26. The highest BCUT2D eigenvalue weighted by Crippen LogP contribution is 2.28. The topological polar surface area (TPSA) is 26.3 Å². The van der Waals surface area contributed by atoms with E-state index in [2.05, 4.69) is 6.92 Å². The van der Waals surface area contributed by atoms with E-state index < -0.39 is 0 Å². The molecule has 0 N–H and O–H groups in total. The van der Waals surface area contributed by atoms with Crippen LogP contribution in [0.4, 0.5) is 0 Å². The highest BCUT2D eigenvalue weighted by molar-refractivity contribution is 5.81. The van der Waals surface area contributed by atoms with Crippen LogP contribution in [0.2, 0.25) is 0 Å². The van der Waals surface area contributed by atoms with Crippen molar-refractivity contribution >= 4 is 6.29 Å². The molecule has 2 rings (SSSR count). The minimum atomic E-state index is 0.546. The minimum absolute atomic E-state index is 0.546. The molecule has 20 heavy (non-hydrogen) atoms. The zero-order valence-corrected chi connectivity index (χ0v) is 12.3. The Kier molecular flexibility index (Phi) is 4.57. The SMILES string of the molecule is CCc1c(C)c(OCc2ccccc2)cc(C)c1C=O. The predicted molar refractivity (Wildman–Crippen MR) is 81.5 cm³/mol. The normalized spacial score (nSPS) is 10.3. The second-order valence-corrected chi connectivity index (χ2v) is 4.95. The lowest BCUT2D eigenvalue weighted by molar-refractivity contribution is 0.112. The number of aryl methyl sites for hydroxylation is 1. The van der Waals surface area contributed by atoms with Crippen LogP contribution in [-0.4, -0.2) is 6.29 Å². The molecular formula is C18H20O2. The van der Waals surface area contributed by atoms with Gasteiger partial charge in [0.25, 0.3) is 0 Å². The summed E-state index contributed by atoms with van der Waals surface area (Å²) in [5, 5.41) is 0. The van der Waals surface area contributed by atoms with Crippen molar-refractivity contribution in [2.24, 2.45) is 0 Å². The van der Waals surface area contributed by atoms with Gasteiger partial charge in [0, 0.05) is 5.56 Å². The number of carbonyl (C=O) groups is 1. The number of hydrogen-bond donors (Lipinski definition) is 0. The smallest absolute Gasteiger partial charge is 0.150 e. The van der Waals surface area contributed by atoms with Crippen LogP contribution in [0.25, 0.3) is 0 Å². The second kappa shape index (κ2) is 6.38. The van der Waals surface area contributed by atoms with Gasteiger partial charge in [-0.05, 0) is 48.6 Å². The van der Waals surface area contributed by atoms with Crippen LogP contribution in [0.1, 0.15) is 39.5 Å². The van der Waals surface area contributed by atoms with Crippen LogP contribution >= 0.6 is 0 Å². The monoisotopic (exact) mass is 268 g/mol. The summed E-state index contributed by atoms with van der Waals surface area (Å²) in [6.45, 7) is 6.59. The molecule has 0 radical (unpaired) electrons. The summed E-state index contributed by atoms with van der Waals surface area (Å²) in [5.74, 6) is 0.869. The standard InChI is InChI=1S/C18H20O2/c1-4-16-14(3)18(10-13(2)17(16)11-19)20-12-15-8-6-5-7-9-15/h5-11H,4,12H2,1-3H3. The Morgan fingerprint density at radius 2 is 1.85 bits per heavy atom. The summed E-state index contributed by atoms with van der Waals surface area (Å²) >= 11 is 0. The highest BCUT2D eigenvalue weighted by atomic mass is 16.5. The molecule has 2 aromatic carbocycles. The summed E-state index contributed by atoms with van der Waals surface area (Å²) in [6.07, 6.45) is 1.78. The molecule has 0 unspecified atom stereocenters. The number of ether oxygens (including phenoxy) is 1. The first-order chi connectivity index (χ1) is 9.67. The van der Waals surface area contributed by atoms with Gasteiger partial charge in [-0.3, -0.25) is 4.79 Å². The third kappa shape index (κ3) is 2.90. The molecule has 0 aliphatic heterocycles. The number of hydrogen-bond acceptors (Lipinski definition) is 2. The van der Waals surface area contributed by atoms with Crippen molar-refractivity contribution in [2.75, 3.05) is 0 Å². The molecule has 0 aliphatic carbocycles. The fourth-order valence-electron chi connectivity index (χ4n) is 2.48. The fraction of sp³-hybridized carbons (Fsp3) is 0.278. The van der Waals surface area contributed by atoms with E-state index in [9.17, 15) is 4.79 Å². The first-order valence-corrected chi connectivity index (χ1v) is 6.92. The Morgan fingerprint density at radius 1 is 1.15 bits per heavy atom. The van der Waals surface area contributed by atoms with E-state index in [1.165, 1.54) is 0 Å². The minimum Gasteiger partial charge on any atom is -0.489 e. The van der Waals surface area contributed by atoms with Crippen LogP contribution in [0.3, 0.4) is 0 Å². The molecule has 0 saturated heterocycles. The van der Waals surface area contributed by atoms with E-state index in [-0.39, 0.29) is 0 Å². The molecule has 0 amide bonds. The third-order valence-electron chi connectivity index (χ3n) is 3.63. The second-order valence-electron chi connectivity index (χ2n) is 4.95. The Hall–Kier alpha value is -2.09. The summed E-state index contributed by atoms with van der Waals surface area (Å²) in [5.41, 5.74) is 5.07. The number of benzene rings is 2. The molecule has 0 aliphatic rings. The van der Waals surface area contributed by atoms with E-state index in [0.29, 0.717) is 6.61 Å². The maximum Gasteiger partial charge on any atom is 0.150 e. The van der Waals surface area contributed by atoms with Gasteiger partial charge in [0.15, 0.2) is 6.29 Å². The average Bonchev–Trinajstić information content (AvgIpc) is 2.48. The molecular weight excluding hydrogens is 248 g/mol. The Bertz CT molecular complexity index is 601. The largest absolute Gasteiger partial charge is 0.489 e. The van der Waals surface area contributed by atoms with Crippen molar-refractivity contribution in [3.8, 4) is 5.75 Å². The lowest BCUT2D eigenvalue weighted by Gasteiger charge is -2.16. The van der Waals surface area contributed by atoms with Gasteiger partial charge >= 0.3 is 0 Å². The van der Waals surface area contributed by atoms with Crippen LogP contribution in [-0.2, 0) is 13.0 Å². The fourth-order valence-corrected chi connectivity index (χ4v) is 2.48. The van der Waals surface area contributed by atoms with Crippen molar-refractivity contribution in [2.45, 2.75) is 33.8 Å². The van der Waals surface area contributed by atoms with Gasteiger partial charge in [-0.1, -0.05) is 37.3 Å². The maximum absolute atomic E-state index is 11.2. The van der Waals surface area contributed by atoms with Gasteiger partial charge in [0.2, 0.25) is 0 Å². The van der Waals surface area contributed by atoms with E-state index in [4.69, 9.17) is 4.74 Å². The van der Waals surface area contributed by atoms with Crippen molar-refractivity contribution < 1.29 is 9.53 Å². The summed E-state index contributed by atoms with van der Waals surface area (Å²) < 4.78 is 5.93. The lowest BCUT2D eigenvalue weighted by atomic mass is 9.95. The maximum atomic E-state index is 11.2. The average molecular weight is 268 g/mol. The molecule has 2 heteroatoms. The van der Waals surface area contributed by atoms with Crippen LogP contribution < -0.4 is 4.74 Å². The highest BCUT2D eigenvalue weighted by Gasteiger charge is 2.12. The van der Waals surface area contributed by atoms with Gasteiger partial charge in [-0.25, -0.2) is 0 Å². The van der Waals surface area contributed by atoms with E-state index in [1.54, 1.807) is 0 Å². The first-order valence-electron chi connectivity index (χ1n) is 6.92. The Morgan fingerprint density at radius 3 is 2.45 bits per heavy atom. The van der Waals surface area contributed by atoms with Crippen molar-refractivity contribution in [1.82, 2.24) is 0 Å². The molecule has 0 atom stereocenters. The quantitative estimate of drug-likeness (QED) is 0.757. The van der Waals surface area contributed by atoms with Gasteiger partial charge < -0.3 is 4.74 Å². The molecule has 2 nitrogen and oxygen atoms in total. The van der Waals surface area contributed by atoms with Crippen molar-refractivity contribution in [1.29, 1.82) is 0 Å². The van der Waals surface area contributed by atoms with Gasteiger partial charge in [-0.2, -0.15) is 0 Å². The molecule has 0 aromatic heterocycles. The Labute approximate surface area is 120 Å². The summed E-state index contributed by atoms with van der Waals surface area (Å²) in [4.78, 5) is 11.2. The zero-order chi connectivity index (χ0) is 14.5. The Balaban J connectivity index is 2.28. The lowest BCUT2D eigenvalue weighted by Crippen LogP contribution is -2.03. The number of carbonyl (C=O) groups excluding carboxylic acids is 1. The molecule has 0 spiro atoms. The van der Waals surface area contributed by atoms with Gasteiger partial charge in [0.05, 0.1) is 0 Å². The van der Waals surface area contributed by atoms with Crippen molar-refractivity contribution in [3.63, 3.8) is 0 Å². The molecule has 0 saturated carbocycles. The van der Waals surface area contributed by atoms with E-state index in [0.717, 1.165) is 46.3 Å². The van der Waals surface area contributed by atoms with Gasteiger partial charge in [0.1, 0.15) is 12.4 Å². The molecule has 0 heterocycles. The van der Waals surface area contributed by atoms with Crippen LogP contribution in [0, 0.1) is 13.8 Å². The summed E-state index contributed by atoms with van der Waals surface area (Å²) in [7, 11) is 0. The molecule has 0 fully saturated rings. The van der Waals surface area contributed by atoms with Crippen LogP contribution in [0.5, 0.6) is 5.75 Å². The number of aldehydes is 1. The van der Waals surface area contributed by atoms with E-state index >= 15 is 0 Å². The van der Waals surface area contributed by atoms with Crippen molar-refractivity contribution in [3.05, 3.63) is 64.2 Å². The van der Waals surface area contributed by atoms with Crippen LogP contribution in [0.15, 0.2) is 36.4 Å². The first kappa shape index (κ1) is 14.3. The third-order valence-corrected chi connectivity index (χ3v) is 3.63. The van der Waals surface area contributed by atoms with Gasteiger partial charge in [-0.15, -0.1) is 0 Å². The molecule has 0 bridgehead atoms. The molecule has 2 aromatic rings. The number of rotatable bonds is 5.